The lowest BCUT2D eigenvalue weighted by atomic mass is 10.0. The number of rotatable bonds is 7. The number of nitrogens with zero attached hydrogens (tertiary/aromatic N) is 3. The van der Waals surface area contributed by atoms with Gasteiger partial charge in [-0.05, 0) is 10.8 Å². The Kier molecular flexibility index (Phi) is 4.18. The number of fused-ring (bicyclic) bond motifs is 1. The normalized spacial score (nSPS) is 12.4. The van der Waals surface area contributed by atoms with Gasteiger partial charge in [0.1, 0.15) is 6.20 Å². The molecular formula is C11H14N4O4S. The number of hydrogen-bond donors (Lipinski definition) is 2. The molecule has 0 aromatic carbocycles. The average molecular weight is 298 g/mol. The van der Waals surface area contributed by atoms with Crippen molar-refractivity contribution in [1.29, 1.82) is 0 Å². The molecule has 0 amide bonds. The van der Waals surface area contributed by atoms with Gasteiger partial charge < -0.3 is 20.5 Å². The molecule has 9 heteroatoms. The number of hydrogen-bond acceptors (Lipinski definition) is 6. The summed E-state index contributed by atoms with van der Waals surface area (Å²) < 4.78 is 1.41. The summed E-state index contributed by atoms with van der Waals surface area (Å²) in [6.07, 6.45) is 2.29. The standard InChI is InChI=1S/C11H14N4O4S/c1-2-7(5-8(16)17)6-12-9-10(15(18)19)14-3-4-20-11(14)13-9/h3-4,7,12H,2,5-6H2,1H3,(H,16,17). The van der Waals surface area contributed by atoms with E-state index >= 15 is 0 Å². The molecule has 0 saturated heterocycles. The van der Waals surface area contributed by atoms with Crippen LogP contribution >= 0.6 is 11.3 Å². The maximum absolute atomic E-state index is 11.1. The van der Waals surface area contributed by atoms with Crippen molar-refractivity contribution in [3.05, 3.63) is 21.7 Å². The third kappa shape index (κ3) is 2.87. The van der Waals surface area contributed by atoms with Crippen molar-refractivity contribution in [2.45, 2.75) is 19.8 Å². The molecule has 1 atom stereocenters. The van der Waals surface area contributed by atoms with Crippen molar-refractivity contribution < 1.29 is 14.8 Å². The number of carboxylic acids is 1. The minimum absolute atomic E-state index is 0.0273. The lowest BCUT2D eigenvalue weighted by Crippen LogP contribution is -2.17. The van der Waals surface area contributed by atoms with E-state index in [0.29, 0.717) is 17.9 Å². The maximum atomic E-state index is 11.1. The summed E-state index contributed by atoms with van der Waals surface area (Å²) in [5.74, 6) is -0.900. The Hall–Kier alpha value is -2.16. The molecule has 2 heterocycles. The predicted octanol–water partition coefficient (Wildman–Crippen LogP) is 2.22. The third-order valence-electron chi connectivity index (χ3n) is 3.01. The number of anilines is 1. The molecule has 20 heavy (non-hydrogen) atoms. The molecule has 0 saturated carbocycles. The highest BCUT2D eigenvalue weighted by molar-refractivity contribution is 7.15. The first kappa shape index (κ1) is 14.3. The van der Waals surface area contributed by atoms with Crippen LogP contribution in [0.2, 0.25) is 0 Å². The molecule has 108 valence electrons. The van der Waals surface area contributed by atoms with Crippen molar-refractivity contribution in [3.63, 3.8) is 0 Å². The van der Waals surface area contributed by atoms with Gasteiger partial charge in [0.2, 0.25) is 5.82 Å². The van der Waals surface area contributed by atoms with Gasteiger partial charge >= 0.3 is 11.8 Å². The molecule has 0 fully saturated rings. The van der Waals surface area contributed by atoms with Crippen LogP contribution in [0.4, 0.5) is 11.6 Å². The zero-order valence-corrected chi connectivity index (χ0v) is 11.6. The van der Waals surface area contributed by atoms with Gasteiger partial charge in [-0.25, -0.2) is 0 Å². The van der Waals surface area contributed by atoms with Crippen LogP contribution in [0.3, 0.4) is 0 Å². The third-order valence-corrected chi connectivity index (χ3v) is 3.77. The second-order valence-electron chi connectivity index (χ2n) is 4.35. The van der Waals surface area contributed by atoms with Crippen molar-refractivity contribution in [2.75, 3.05) is 11.9 Å². The maximum Gasteiger partial charge on any atom is 0.372 e. The predicted molar refractivity (Wildman–Crippen MR) is 74.2 cm³/mol. The van der Waals surface area contributed by atoms with Gasteiger partial charge in [-0.15, -0.1) is 0 Å². The average Bonchev–Trinajstić information content (AvgIpc) is 2.92. The van der Waals surface area contributed by atoms with Gasteiger partial charge in [0.25, 0.3) is 4.96 Å². The van der Waals surface area contributed by atoms with Crippen molar-refractivity contribution in [3.8, 4) is 0 Å². The number of aromatic nitrogens is 2. The number of carboxylic acid groups (broad SMARTS) is 1. The molecule has 0 aliphatic rings. The fourth-order valence-corrected chi connectivity index (χ4v) is 2.62. The van der Waals surface area contributed by atoms with E-state index in [1.807, 2.05) is 6.92 Å². The van der Waals surface area contributed by atoms with Crippen LogP contribution in [0.25, 0.3) is 4.96 Å². The highest BCUT2D eigenvalue weighted by Gasteiger charge is 2.24. The van der Waals surface area contributed by atoms with Crippen LogP contribution in [0, 0.1) is 16.0 Å². The lowest BCUT2D eigenvalue weighted by Gasteiger charge is -2.12. The van der Waals surface area contributed by atoms with Gasteiger partial charge in [0, 0.05) is 18.3 Å². The van der Waals surface area contributed by atoms with E-state index in [1.54, 1.807) is 11.6 Å². The van der Waals surface area contributed by atoms with Crippen molar-refractivity contribution in [2.24, 2.45) is 5.92 Å². The SMILES string of the molecule is CCC(CNc1nc2sccn2c1[N+](=O)[O-])CC(=O)O. The number of carbonyl (C=O) groups is 1. The van der Waals surface area contributed by atoms with E-state index in [-0.39, 0.29) is 24.0 Å². The highest BCUT2D eigenvalue weighted by atomic mass is 32.1. The second-order valence-corrected chi connectivity index (χ2v) is 5.22. The first-order valence-electron chi connectivity index (χ1n) is 6.08. The summed E-state index contributed by atoms with van der Waals surface area (Å²) in [5, 5.41) is 24.5. The monoisotopic (exact) mass is 298 g/mol. The number of aliphatic carboxylic acids is 1. The summed E-state index contributed by atoms with van der Waals surface area (Å²) in [6.45, 7) is 2.23. The Morgan fingerprint density at radius 2 is 2.45 bits per heavy atom. The van der Waals surface area contributed by atoms with Gasteiger partial charge in [0.15, 0.2) is 0 Å². The first-order valence-corrected chi connectivity index (χ1v) is 6.96. The quantitative estimate of drug-likeness (QED) is 0.599. The number of nitro groups is 1. The van der Waals surface area contributed by atoms with Gasteiger partial charge in [-0.2, -0.15) is 9.38 Å². The summed E-state index contributed by atoms with van der Waals surface area (Å²) >= 11 is 1.30. The summed E-state index contributed by atoms with van der Waals surface area (Å²) in [4.78, 5) is 26.0. The molecule has 0 bridgehead atoms. The molecule has 0 spiro atoms. The highest BCUT2D eigenvalue weighted by Crippen LogP contribution is 2.28. The minimum Gasteiger partial charge on any atom is -0.481 e. The van der Waals surface area contributed by atoms with Crippen LogP contribution in [0.1, 0.15) is 19.8 Å². The van der Waals surface area contributed by atoms with Gasteiger partial charge in [0.05, 0.1) is 0 Å². The lowest BCUT2D eigenvalue weighted by molar-refractivity contribution is -0.389. The first-order chi connectivity index (χ1) is 9.52. The van der Waals surface area contributed by atoms with E-state index in [1.165, 1.54) is 15.7 Å². The van der Waals surface area contributed by atoms with Gasteiger partial charge in [-0.1, -0.05) is 24.7 Å². The largest absolute Gasteiger partial charge is 0.481 e. The Bertz CT molecular complexity index is 635. The molecule has 0 aliphatic carbocycles. The van der Waals surface area contributed by atoms with E-state index in [0.717, 1.165) is 0 Å². The van der Waals surface area contributed by atoms with Crippen LogP contribution in [-0.2, 0) is 4.79 Å². The topological polar surface area (TPSA) is 110 Å². The van der Waals surface area contributed by atoms with Crippen molar-refractivity contribution in [1.82, 2.24) is 9.38 Å². The molecule has 0 aliphatic heterocycles. The zero-order chi connectivity index (χ0) is 14.7. The van der Waals surface area contributed by atoms with Crippen LogP contribution in [0.5, 0.6) is 0 Å². The molecule has 0 radical (unpaired) electrons. The summed E-state index contributed by atoms with van der Waals surface area (Å²) in [7, 11) is 0. The molecule has 2 aromatic rings. The smallest absolute Gasteiger partial charge is 0.372 e. The molecule has 8 nitrogen and oxygen atoms in total. The fourth-order valence-electron chi connectivity index (χ4n) is 1.92. The summed E-state index contributed by atoms with van der Waals surface area (Å²) in [6, 6.07) is 0. The fraction of sp³-hybridized carbons (Fsp3) is 0.455. The van der Waals surface area contributed by atoms with Gasteiger partial charge in [-0.3, -0.25) is 4.79 Å². The Balaban J connectivity index is 2.16. The van der Waals surface area contributed by atoms with Crippen LogP contribution in [-0.4, -0.2) is 31.9 Å². The zero-order valence-electron chi connectivity index (χ0n) is 10.8. The van der Waals surface area contributed by atoms with E-state index in [9.17, 15) is 14.9 Å². The van der Waals surface area contributed by atoms with E-state index in [4.69, 9.17) is 5.11 Å². The molecule has 2 rings (SSSR count). The Morgan fingerprint density at radius 3 is 3.05 bits per heavy atom. The Morgan fingerprint density at radius 1 is 1.70 bits per heavy atom. The molecular weight excluding hydrogens is 284 g/mol. The Labute approximate surface area is 118 Å². The van der Waals surface area contributed by atoms with E-state index in [2.05, 4.69) is 10.3 Å². The molecule has 1 unspecified atom stereocenters. The van der Waals surface area contributed by atoms with Crippen LogP contribution in [0.15, 0.2) is 11.6 Å². The summed E-state index contributed by atoms with van der Waals surface area (Å²) in [5.41, 5.74) is 0. The minimum atomic E-state index is -0.876. The number of imidazole rings is 1. The van der Waals surface area contributed by atoms with E-state index < -0.39 is 10.9 Å². The van der Waals surface area contributed by atoms with Crippen LogP contribution < -0.4 is 5.32 Å². The molecule has 2 N–H and O–H groups in total. The second kappa shape index (κ2) is 5.87. The number of nitrogens with one attached hydrogen (secondary N) is 1. The molecule has 2 aromatic heterocycles. The number of thiazole rings is 1. The van der Waals surface area contributed by atoms with Crippen molar-refractivity contribution >= 4 is 33.9 Å².